The largest absolute Gasteiger partial charge is 3.00 e. The van der Waals surface area contributed by atoms with Gasteiger partial charge < -0.3 is 35.5 Å². The third-order valence-corrected chi connectivity index (χ3v) is 0. The van der Waals surface area contributed by atoms with Crippen molar-refractivity contribution in [2.24, 2.45) is 0 Å². The first-order chi connectivity index (χ1) is 3.00. The molecule has 0 aliphatic carbocycles. The quantitative estimate of drug-likeness (QED) is 0.553. The van der Waals surface area contributed by atoms with Crippen LogP contribution in [0.25, 0.3) is 0 Å². The van der Waals surface area contributed by atoms with Crippen LogP contribution in [0.15, 0.2) is 0 Å². The number of hydrogen-bond donors (Lipinski definition) is 0. The molecule has 1 radical (unpaired) electrons. The smallest absolute Gasteiger partial charge is 0.512 e. The van der Waals surface area contributed by atoms with Gasteiger partial charge in [-0.3, -0.25) is 0 Å². The zero-order valence-corrected chi connectivity index (χ0v) is 6.55. The summed E-state index contributed by atoms with van der Waals surface area (Å²) in [6.45, 7) is 14.2. The van der Waals surface area contributed by atoms with Crippen LogP contribution in [-0.4, -0.2) is 0 Å². The molecule has 0 atom stereocenters. The van der Waals surface area contributed by atoms with Gasteiger partial charge in [0, 0.05) is 0 Å². The van der Waals surface area contributed by atoms with Crippen LogP contribution in [0.2, 0.25) is 0 Å². The molecule has 0 amide bonds. The summed E-state index contributed by atoms with van der Waals surface area (Å²) in [4.78, 5) is 0. The van der Waals surface area contributed by atoms with Crippen LogP contribution in [0.3, 0.4) is 0 Å². The Kier molecular flexibility index (Phi) is 17400. The van der Waals surface area contributed by atoms with Gasteiger partial charge in [-0.25, -0.2) is 0 Å². The average Bonchev–Trinajstić information content (AvgIpc) is 1.81. The Morgan fingerprint density at radius 1 is 0.571 bits per heavy atom. The van der Waals surface area contributed by atoms with Crippen molar-refractivity contribution in [1.82, 2.24) is 0 Å². The van der Waals surface area contributed by atoms with Gasteiger partial charge in [-0.05, 0) is 0 Å². The topological polar surface area (TPSA) is 71.4 Å². The van der Waals surface area contributed by atoms with Gasteiger partial charge >= 0.3 is 40.8 Å². The van der Waals surface area contributed by atoms with Crippen LogP contribution in [0.4, 0.5) is 0 Å². The summed E-state index contributed by atoms with van der Waals surface area (Å²) in [5.74, 6) is 0. The van der Waals surface area contributed by atoms with E-state index in [9.17, 15) is 0 Å². The molecule has 7 heavy (non-hydrogen) atoms. The van der Waals surface area contributed by atoms with E-state index in [0.717, 1.165) is 0 Å². The fraction of sp³-hybridized carbons (Fsp3) is 0. The fourth-order valence-electron chi connectivity index (χ4n) is 0. The summed E-state index contributed by atoms with van der Waals surface area (Å²) in [7, 11) is 0. The predicted molar refractivity (Wildman–Crippen MR) is 14.9 cm³/mol. The van der Waals surface area contributed by atoms with Gasteiger partial charge in [0.05, 0.1) is 0 Å². The first kappa shape index (κ1) is 29.0. The second kappa shape index (κ2) is 4210. The SMILES string of the molecule is [C-]#N.[C-]#N.[C-]#N.[Nd+3]. The monoisotopic (exact) mass is 220 g/mol. The maximum atomic E-state index is 6.25. The van der Waals surface area contributed by atoms with Gasteiger partial charge in [0.15, 0.2) is 0 Å². The third-order valence-electron chi connectivity index (χ3n) is 0. The molecule has 0 bridgehead atoms. The summed E-state index contributed by atoms with van der Waals surface area (Å²) >= 11 is 0. The van der Waals surface area contributed by atoms with Crippen molar-refractivity contribution < 1.29 is 40.8 Å². The molecule has 0 spiro atoms. The van der Waals surface area contributed by atoms with E-state index in [4.69, 9.17) is 35.5 Å². The molecule has 0 rings (SSSR count). The zero-order valence-electron chi connectivity index (χ0n) is 3.34. The molecular formula is C3N3Nd. The Morgan fingerprint density at radius 2 is 0.571 bits per heavy atom. The van der Waals surface area contributed by atoms with Crippen molar-refractivity contribution >= 4 is 0 Å². The number of hydrogen-bond acceptors (Lipinski definition) is 3. The van der Waals surface area contributed by atoms with Crippen LogP contribution in [-0.2, 0) is 0 Å². The second-order valence-electron chi connectivity index (χ2n) is 0. The summed E-state index contributed by atoms with van der Waals surface area (Å²) in [6, 6.07) is 0. The molecule has 0 aromatic rings. The Labute approximate surface area is 75.7 Å². The number of nitrogens with zero attached hydrogens (tertiary/aromatic N) is 3. The Bertz CT molecular complexity index is 38.7. The van der Waals surface area contributed by atoms with Crippen LogP contribution < -0.4 is 0 Å². The standard InChI is InChI=1S/3CN.Nd/c3*1-2;/q3*-1;+3. The normalized spacial score (nSPS) is 0.857. The van der Waals surface area contributed by atoms with Gasteiger partial charge in [0.2, 0.25) is 0 Å². The molecule has 0 aliphatic heterocycles. The molecule has 0 unspecified atom stereocenters. The van der Waals surface area contributed by atoms with Crippen molar-refractivity contribution in [3.63, 3.8) is 0 Å². The van der Waals surface area contributed by atoms with E-state index >= 15 is 0 Å². The van der Waals surface area contributed by atoms with Gasteiger partial charge in [0.25, 0.3) is 0 Å². The summed E-state index contributed by atoms with van der Waals surface area (Å²) in [5.41, 5.74) is 0. The van der Waals surface area contributed by atoms with E-state index in [1.54, 1.807) is 0 Å². The fourth-order valence-corrected chi connectivity index (χ4v) is 0. The second-order valence-corrected chi connectivity index (χ2v) is 0. The van der Waals surface area contributed by atoms with Crippen molar-refractivity contribution in [2.45, 2.75) is 0 Å². The van der Waals surface area contributed by atoms with Crippen molar-refractivity contribution in [3.05, 3.63) is 19.7 Å². The average molecular weight is 222 g/mol. The maximum Gasteiger partial charge on any atom is 3.00 e. The Balaban J connectivity index is -0.00000000900. The molecule has 31 valence electrons. The molecule has 0 heterocycles. The van der Waals surface area contributed by atoms with E-state index in [2.05, 4.69) is 0 Å². The van der Waals surface area contributed by atoms with Crippen LogP contribution in [0, 0.1) is 76.3 Å². The third kappa shape index (κ3) is 2640. The van der Waals surface area contributed by atoms with Gasteiger partial charge in [-0.15, -0.1) is 0 Å². The predicted octanol–water partition coefficient (Wildman–Crippen LogP) is 0.289. The zero-order chi connectivity index (χ0) is 6.00. The Hall–Kier alpha value is -0.179. The van der Waals surface area contributed by atoms with E-state index in [1.807, 2.05) is 0 Å². The van der Waals surface area contributed by atoms with Gasteiger partial charge in [-0.2, -0.15) is 0 Å². The van der Waals surface area contributed by atoms with E-state index in [-0.39, 0.29) is 40.8 Å². The van der Waals surface area contributed by atoms with E-state index < -0.39 is 0 Å². The minimum atomic E-state index is 0. The summed E-state index contributed by atoms with van der Waals surface area (Å²) in [5, 5.41) is 18.8. The summed E-state index contributed by atoms with van der Waals surface area (Å²) < 4.78 is 0. The molecule has 0 N–H and O–H groups in total. The minimum Gasteiger partial charge on any atom is -0.512 e. The molecular weight excluding hydrogens is 222 g/mol. The van der Waals surface area contributed by atoms with Crippen molar-refractivity contribution in [3.8, 4) is 0 Å². The van der Waals surface area contributed by atoms with Gasteiger partial charge in [0.1, 0.15) is 0 Å². The molecule has 0 fully saturated rings. The summed E-state index contributed by atoms with van der Waals surface area (Å²) in [6.07, 6.45) is 0. The van der Waals surface area contributed by atoms with Crippen molar-refractivity contribution in [2.75, 3.05) is 0 Å². The molecule has 0 saturated heterocycles. The van der Waals surface area contributed by atoms with E-state index in [1.165, 1.54) is 0 Å². The molecule has 4 heteroatoms. The molecule has 0 aromatic heterocycles. The Morgan fingerprint density at radius 3 is 0.571 bits per heavy atom. The first-order valence-corrected chi connectivity index (χ1v) is 0.671. The van der Waals surface area contributed by atoms with Crippen LogP contribution >= 0.6 is 0 Å². The maximum absolute atomic E-state index is 6.25. The van der Waals surface area contributed by atoms with Crippen LogP contribution in [0.5, 0.6) is 0 Å². The van der Waals surface area contributed by atoms with Crippen LogP contribution in [0.1, 0.15) is 0 Å². The molecule has 0 aromatic carbocycles. The van der Waals surface area contributed by atoms with Gasteiger partial charge in [-0.1, -0.05) is 0 Å². The van der Waals surface area contributed by atoms with Crippen molar-refractivity contribution in [1.29, 1.82) is 15.8 Å². The van der Waals surface area contributed by atoms with E-state index in [0.29, 0.717) is 0 Å². The number of rotatable bonds is 0. The molecule has 0 aliphatic rings. The molecule has 0 saturated carbocycles. The molecule has 3 nitrogen and oxygen atoms in total. The first-order valence-electron chi connectivity index (χ1n) is 0.671. The minimum absolute atomic E-state index is 0.